The number of rotatable bonds is 9. The number of anilines is 1. The highest BCUT2D eigenvalue weighted by atomic mass is 19.1. The molecule has 0 saturated heterocycles. The summed E-state index contributed by atoms with van der Waals surface area (Å²) < 4.78 is 18.8. The van der Waals surface area contributed by atoms with Crippen LogP contribution in [0.15, 0.2) is 60.9 Å². The first-order chi connectivity index (χ1) is 14.2. The number of amides is 1. The lowest BCUT2D eigenvalue weighted by atomic mass is 10.1. The number of carbonyl (C=O) groups excluding carboxylic acids is 1. The summed E-state index contributed by atoms with van der Waals surface area (Å²) >= 11 is 0. The van der Waals surface area contributed by atoms with Gasteiger partial charge in [-0.05, 0) is 42.2 Å². The molecule has 0 aliphatic carbocycles. The van der Waals surface area contributed by atoms with Gasteiger partial charge in [0.2, 0.25) is 0 Å². The zero-order valence-electron chi connectivity index (χ0n) is 16.2. The molecular weight excluding hydrogens is 371 g/mol. The van der Waals surface area contributed by atoms with E-state index in [0.717, 1.165) is 11.3 Å². The van der Waals surface area contributed by atoms with Gasteiger partial charge in [0, 0.05) is 19.2 Å². The zero-order chi connectivity index (χ0) is 20.5. The average molecular weight is 394 g/mol. The van der Waals surface area contributed by atoms with Crippen LogP contribution in [0.4, 0.5) is 10.2 Å². The summed E-state index contributed by atoms with van der Waals surface area (Å²) in [7, 11) is 1.63. The quantitative estimate of drug-likeness (QED) is 0.583. The van der Waals surface area contributed by atoms with E-state index in [9.17, 15) is 9.18 Å². The molecular formula is C22H23FN4O2. The fraction of sp³-hybridized carbons (Fsp3) is 0.227. The van der Waals surface area contributed by atoms with E-state index in [2.05, 4.69) is 20.6 Å². The Morgan fingerprint density at radius 1 is 1.03 bits per heavy atom. The van der Waals surface area contributed by atoms with E-state index in [1.807, 2.05) is 24.3 Å². The van der Waals surface area contributed by atoms with E-state index in [1.54, 1.807) is 31.4 Å². The third-order valence-corrected chi connectivity index (χ3v) is 4.42. The van der Waals surface area contributed by atoms with Crippen LogP contribution in [0.2, 0.25) is 0 Å². The van der Waals surface area contributed by atoms with Crippen LogP contribution in [0.3, 0.4) is 0 Å². The number of hydrogen-bond acceptors (Lipinski definition) is 5. The number of carbonyl (C=O) groups is 1. The second kappa shape index (κ2) is 10.2. The Labute approximate surface area is 169 Å². The Bertz CT molecular complexity index is 948. The number of nitrogens with zero attached hydrogens (tertiary/aromatic N) is 2. The van der Waals surface area contributed by atoms with Crippen molar-refractivity contribution in [3.05, 3.63) is 83.6 Å². The van der Waals surface area contributed by atoms with Gasteiger partial charge in [0.15, 0.2) is 0 Å². The Balaban J connectivity index is 1.47. The van der Waals surface area contributed by atoms with Crippen molar-refractivity contribution in [1.82, 2.24) is 15.3 Å². The molecule has 0 atom stereocenters. The second-order valence-corrected chi connectivity index (χ2v) is 6.41. The van der Waals surface area contributed by atoms with Gasteiger partial charge in [0.25, 0.3) is 5.91 Å². The van der Waals surface area contributed by atoms with Gasteiger partial charge in [-0.2, -0.15) is 0 Å². The van der Waals surface area contributed by atoms with Crippen molar-refractivity contribution in [2.24, 2.45) is 0 Å². The molecule has 1 aromatic heterocycles. The number of nitrogens with one attached hydrogen (secondary N) is 2. The maximum absolute atomic E-state index is 13.7. The lowest BCUT2D eigenvalue weighted by Gasteiger charge is -2.08. The fourth-order valence-corrected chi connectivity index (χ4v) is 2.81. The zero-order valence-corrected chi connectivity index (χ0v) is 16.2. The van der Waals surface area contributed by atoms with E-state index < -0.39 is 0 Å². The predicted molar refractivity (Wildman–Crippen MR) is 110 cm³/mol. The van der Waals surface area contributed by atoms with E-state index in [4.69, 9.17) is 4.74 Å². The standard InChI is InChI=1S/C22H23FN4O2/c1-29-18-8-6-16(7-9-18)10-12-25-22(28)20-14-21(27-15-26-20)24-13-11-17-4-2-3-5-19(17)23/h2-9,14-15H,10-13H2,1H3,(H,25,28)(H,24,26,27). The van der Waals surface area contributed by atoms with Gasteiger partial charge in [0.1, 0.15) is 29.4 Å². The molecule has 0 fully saturated rings. The molecule has 0 spiro atoms. The highest BCUT2D eigenvalue weighted by Gasteiger charge is 2.09. The first-order valence-electron chi connectivity index (χ1n) is 9.36. The van der Waals surface area contributed by atoms with Gasteiger partial charge < -0.3 is 15.4 Å². The van der Waals surface area contributed by atoms with Crippen LogP contribution in [0.1, 0.15) is 21.6 Å². The number of benzene rings is 2. The molecule has 1 heterocycles. The van der Waals surface area contributed by atoms with Crippen molar-refractivity contribution < 1.29 is 13.9 Å². The second-order valence-electron chi connectivity index (χ2n) is 6.41. The first-order valence-corrected chi connectivity index (χ1v) is 9.36. The minimum absolute atomic E-state index is 0.228. The van der Waals surface area contributed by atoms with Crippen LogP contribution in [-0.2, 0) is 12.8 Å². The minimum atomic E-state index is -0.266. The van der Waals surface area contributed by atoms with Crippen molar-refractivity contribution in [1.29, 1.82) is 0 Å². The fourth-order valence-electron chi connectivity index (χ4n) is 2.81. The molecule has 6 nitrogen and oxygen atoms in total. The van der Waals surface area contributed by atoms with E-state index in [0.29, 0.717) is 37.3 Å². The summed E-state index contributed by atoms with van der Waals surface area (Å²) in [6.07, 6.45) is 2.55. The van der Waals surface area contributed by atoms with Crippen molar-refractivity contribution in [3.8, 4) is 5.75 Å². The van der Waals surface area contributed by atoms with Gasteiger partial charge in [-0.1, -0.05) is 30.3 Å². The number of halogens is 1. The number of aromatic nitrogens is 2. The Morgan fingerprint density at radius 3 is 2.59 bits per heavy atom. The van der Waals surface area contributed by atoms with Crippen LogP contribution < -0.4 is 15.4 Å². The molecule has 0 saturated carbocycles. The van der Waals surface area contributed by atoms with Gasteiger partial charge in [-0.3, -0.25) is 4.79 Å². The molecule has 2 aromatic carbocycles. The molecule has 0 radical (unpaired) electrons. The van der Waals surface area contributed by atoms with Crippen LogP contribution in [0, 0.1) is 5.82 Å². The van der Waals surface area contributed by atoms with E-state index in [1.165, 1.54) is 12.4 Å². The first kappa shape index (κ1) is 20.3. The third kappa shape index (κ3) is 6.00. The molecule has 0 aliphatic heterocycles. The molecule has 2 N–H and O–H groups in total. The van der Waals surface area contributed by atoms with E-state index >= 15 is 0 Å². The maximum atomic E-state index is 13.7. The van der Waals surface area contributed by atoms with Gasteiger partial charge in [0.05, 0.1) is 7.11 Å². The molecule has 29 heavy (non-hydrogen) atoms. The SMILES string of the molecule is COc1ccc(CCNC(=O)c2cc(NCCc3ccccc3F)ncn2)cc1. The molecule has 3 rings (SSSR count). The Hall–Kier alpha value is -3.48. The summed E-state index contributed by atoms with van der Waals surface area (Å²) in [6, 6.07) is 16.0. The van der Waals surface area contributed by atoms with Gasteiger partial charge >= 0.3 is 0 Å². The largest absolute Gasteiger partial charge is 0.497 e. The van der Waals surface area contributed by atoms with Crippen LogP contribution >= 0.6 is 0 Å². The summed E-state index contributed by atoms with van der Waals surface area (Å²) in [5, 5.41) is 5.95. The average Bonchev–Trinajstić information content (AvgIpc) is 2.76. The van der Waals surface area contributed by atoms with E-state index in [-0.39, 0.29) is 17.4 Å². The van der Waals surface area contributed by atoms with Gasteiger partial charge in [-0.15, -0.1) is 0 Å². The normalized spacial score (nSPS) is 10.4. The number of ether oxygens (including phenoxy) is 1. The minimum Gasteiger partial charge on any atom is -0.497 e. The summed E-state index contributed by atoms with van der Waals surface area (Å²) in [5.74, 6) is 0.831. The lowest BCUT2D eigenvalue weighted by molar-refractivity contribution is 0.0949. The number of methoxy groups -OCH3 is 1. The molecule has 1 amide bonds. The molecule has 3 aromatic rings. The van der Waals surface area contributed by atoms with Crippen LogP contribution in [0.25, 0.3) is 0 Å². The Kier molecular flexibility index (Phi) is 7.10. The molecule has 0 bridgehead atoms. The highest BCUT2D eigenvalue weighted by Crippen LogP contribution is 2.12. The molecule has 150 valence electrons. The summed E-state index contributed by atoms with van der Waals surface area (Å²) in [4.78, 5) is 20.5. The molecule has 0 unspecified atom stereocenters. The van der Waals surface area contributed by atoms with Gasteiger partial charge in [-0.25, -0.2) is 14.4 Å². The van der Waals surface area contributed by atoms with Crippen LogP contribution in [0.5, 0.6) is 5.75 Å². The molecule has 7 heteroatoms. The maximum Gasteiger partial charge on any atom is 0.270 e. The van der Waals surface area contributed by atoms with Crippen molar-refractivity contribution in [3.63, 3.8) is 0 Å². The summed E-state index contributed by atoms with van der Waals surface area (Å²) in [6.45, 7) is 0.988. The smallest absolute Gasteiger partial charge is 0.270 e. The predicted octanol–water partition coefficient (Wildman–Crippen LogP) is 3.25. The van der Waals surface area contributed by atoms with Crippen molar-refractivity contribution in [2.75, 3.05) is 25.5 Å². The topological polar surface area (TPSA) is 76.1 Å². The van der Waals surface area contributed by atoms with Crippen LogP contribution in [-0.4, -0.2) is 36.1 Å². The Morgan fingerprint density at radius 2 is 1.83 bits per heavy atom. The monoisotopic (exact) mass is 394 g/mol. The van der Waals surface area contributed by atoms with Crippen molar-refractivity contribution in [2.45, 2.75) is 12.8 Å². The van der Waals surface area contributed by atoms with Crippen molar-refractivity contribution >= 4 is 11.7 Å². The third-order valence-electron chi connectivity index (χ3n) is 4.42. The number of hydrogen-bond donors (Lipinski definition) is 2. The lowest BCUT2D eigenvalue weighted by Crippen LogP contribution is -2.26. The highest BCUT2D eigenvalue weighted by molar-refractivity contribution is 5.92. The molecule has 0 aliphatic rings. The summed E-state index contributed by atoms with van der Waals surface area (Å²) in [5.41, 5.74) is 2.01.